The van der Waals surface area contributed by atoms with Crippen LogP contribution in [0.15, 0.2) is 18.2 Å². The Labute approximate surface area is 164 Å². The molecule has 0 saturated heterocycles. The van der Waals surface area contributed by atoms with Crippen molar-refractivity contribution in [1.29, 1.82) is 0 Å². The van der Waals surface area contributed by atoms with E-state index in [-0.39, 0.29) is 11.9 Å². The molecule has 2 aromatic rings. The molecule has 0 radical (unpaired) electrons. The molecule has 2 N–H and O–H groups in total. The normalized spacial score (nSPS) is 12.1. The van der Waals surface area contributed by atoms with Crippen LogP contribution < -0.4 is 10.2 Å². The number of likely N-dealkylation sites (N-methyl/N-ethyl adjacent to an activating group) is 1. The molecule has 0 aliphatic carbocycles. The molecular formula is C19H29N4O3S+. The lowest BCUT2D eigenvalue weighted by atomic mass is 10.2. The Balaban J connectivity index is 2.34. The first-order valence-corrected chi connectivity index (χ1v) is 9.81. The summed E-state index contributed by atoms with van der Waals surface area (Å²) >= 11 is 5.65. The lowest BCUT2D eigenvalue weighted by Crippen LogP contribution is -3.09. The fourth-order valence-electron chi connectivity index (χ4n) is 3.05. The summed E-state index contributed by atoms with van der Waals surface area (Å²) in [7, 11) is 1.96. The summed E-state index contributed by atoms with van der Waals surface area (Å²) in [6, 6.07) is 5.49. The summed E-state index contributed by atoms with van der Waals surface area (Å²) in [5, 5.41) is 2.89. The summed E-state index contributed by atoms with van der Waals surface area (Å²) < 4.78 is 9.81. The minimum Gasteiger partial charge on any atom is -0.462 e. The second kappa shape index (κ2) is 9.66. The minimum absolute atomic E-state index is 0.0207. The first-order valence-electron chi connectivity index (χ1n) is 9.41. The van der Waals surface area contributed by atoms with E-state index in [0.717, 1.165) is 28.9 Å². The first kappa shape index (κ1) is 21.1. The van der Waals surface area contributed by atoms with Crippen LogP contribution in [0.5, 0.6) is 0 Å². The molecule has 8 heteroatoms. The highest BCUT2D eigenvalue weighted by atomic mass is 32.1. The van der Waals surface area contributed by atoms with Crippen LogP contribution in [0, 0.1) is 4.77 Å². The Morgan fingerprint density at radius 1 is 1.19 bits per heavy atom. The summed E-state index contributed by atoms with van der Waals surface area (Å²) in [6.07, 6.45) is 0.913. The molecule has 1 heterocycles. The van der Waals surface area contributed by atoms with Gasteiger partial charge in [-0.2, -0.15) is 0 Å². The number of nitrogens with one attached hydrogen (secondary N) is 2. The maximum atomic E-state index is 12.1. The van der Waals surface area contributed by atoms with Gasteiger partial charge in [0.25, 0.3) is 5.91 Å². The minimum atomic E-state index is -0.347. The molecule has 1 amide bonds. The van der Waals surface area contributed by atoms with Crippen molar-refractivity contribution in [3.8, 4) is 0 Å². The molecule has 1 atom stereocenters. The van der Waals surface area contributed by atoms with E-state index in [1.165, 1.54) is 0 Å². The third-order valence-electron chi connectivity index (χ3n) is 4.31. The van der Waals surface area contributed by atoms with Gasteiger partial charge < -0.3 is 19.5 Å². The van der Waals surface area contributed by atoms with Crippen LogP contribution in [0.25, 0.3) is 11.0 Å². The van der Waals surface area contributed by atoms with Gasteiger partial charge in [0.15, 0.2) is 18.0 Å². The second-order valence-electron chi connectivity index (χ2n) is 6.52. The molecule has 27 heavy (non-hydrogen) atoms. The molecule has 0 spiro atoms. The molecule has 1 aromatic carbocycles. The maximum Gasteiger partial charge on any atom is 0.338 e. The number of esters is 1. The smallest absolute Gasteiger partial charge is 0.338 e. The van der Waals surface area contributed by atoms with Crippen molar-refractivity contribution in [2.75, 3.05) is 26.7 Å². The molecule has 1 aromatic heterocycles. The molecule has 0 bridgehead atoms. The summed E-state index contributed by atoms with van der Waals surface area (Å²) in [5.41, 5.74) is 2.35. The van der Waals surface area contributed by atoms with Crippen molar-refractivity contribution >= 4 is 35.1 Å². The third-order valence-corrected chi connectivity index (χ3v) is 4.75. The van der Waals surface area contributed by atoms with Crippen LogP contribution in [0.4, 0.5) is 0 Å². The Morgan fingerprint density at radius 2 is 1.93 bits per heavy atom. The number of hydrogen-bond donors (Lipinski definition) is 2. The number of ether oxygens (including phenoxy) is 1. The van der Waals surface area contributed by atoms with E-state index in [1.807, 2.05) is 42.2 Å². The zero-order valence-electron chi connectivity index (χ0n) is 16.5. The van der Waals surface area contributed by atoms with Gasteiger partial charge in [-0.1, -0.05) is 6.92 Å². The highest BCUT2D eigenvalue weighted by molar-refractivity contribution is 7.71. The fraction of sp³-hybridized carbons (Fsp3) is 0.526. The Morgan fingerprint density at radius 3 is 2.56 bits per heavy atom. The molecule has 148 valence electrons. The van der Waals surface area contributed by atoms with E-state index in [0.29, 0.717) is 36.7 Å². The molecule has 0 saturated carbocycles. The van der Waals surface area contributed by atoms with Gasteiger partial charge in [-0.15, -0.1) is 0 Å². The predicted octanol–water partition coefficient (Wildman–Crippen LogP) is 1.37. The number of carbonyl (C=O) groups is 2. The molecule has 0 aliphatic rings. The third kappa shape index (κ3) is 4.95. The number of imidazole rings is 1. The van der Waals surface area contributed by atoms with Crippen LogP contribution >= 0.6 is 12.2 Å². The first-order chi connectivity index (χ1) is 12.9. The number of aromatic nitrogens is 2. The quantitative estimate of drug-likeness (QED) is 0.499. The van der Waals surface area contributed by atoms with E-state index in [4.69, 9.17) is 17.0 Å². The van der Waals surface area contributed by atoms with E-state index in [9.17, 15) is 9.59 Å². The second-order valence-corrected chi connectivity index (χ2v) is 6.89. The van der Waals surface area contributed by atoms with Gasteiger partial charge in [0, 0.05) is 13.1 Å². The van der Waals surface area contributed by atoms with Crippen LogP contribution in [0.2, 0.25) is 0 Å². The lowest BCUT2D eigenvalue weighted by molar-refractivity contribution is -0.894. The summed E-state index contributed by atoms with van der Waals surface area (Å²) in [4.78, 5) is 25.1. The monoisotopic (exact) mass is 393 g/mol. The number of nitrogens with zero attached hydrogens (tertiary/aromatic N) is 2. The molecule has 7 nitrogen and oxygen atoms in total. The van der Waals surface area contributed by atoms with Crippen molar-refractivity contribution in [3.05, 3.63) is 28.5 Å². The summed E-state index contributed by atoms with van der Waals surface area (Å²) in [6.45, 7) is 8.49. The van der Waals surface area contributed by atoms with Gasteiger partial charge in [0.1, 0.15) is 0 Å². The maximum absolute atomic E-state index is 12.1. The van der Waals surface area contributed by atoms with E-state index >= 15 is 0 Å². The van der Waals surface area contributed by atoms with Gasteiger partial charge in [0.05, 0.1) is 30.3 Å². The van der Waals surface area contributed by atoms with Crippen LogP contribution in [0.1, 0.15) is 37.6 Å². The fourth-order valence-corrected chi connectivity index (χ4v) is 3.44. The van der Waals surface area contributed by atoms with Gasteiger partial charge in [-0.3, -0.25) is 9.36 Å². The van der Waals surface area contributed by atoms with Crippen molar-refractivity contribution in [3.63, 3.8) is 0 Å². The van der Waals surface area contributed by atoms with Gasteiger partial charge >= 0.3 is 5.97 Å². The topological polar surface area (TPSA) is 69.7 Å². The summed E-state index contributed by atoms with van der Waals surface area (Å²) in [5.74, 6) is -0.326. The standard InChI is InChI=1S/C19H28N4O3S/c1-5-10-20-17(24)12-21(4)13-23-16-11-14(18(25)26-7-3)8-9-15(16)22(6-2)19(23)27/h8-9,11H,5-7,10,12-13H2,1-4H3,(H,20,24)/p+1. The highest BCUT2D eigenvalue weighted by Crippen LogP contribution is 2.20. The highest BCUT2D eigenvalue weighted by Gasteiger charge is 2.17. The van der Waals surface area contributed by atoms with Crippen molar-refractivity contribution in [1.82, 2.24) is 14.5 Å². The van der Waals surface area contributed by atoms with Gasteiger partial charge in [0.2, 0.25) is 0 Å². The molecule has 0 fully saturated rings. The zero-order valence-corrected chi connectivity index (χ0v) is 17.3. The molecule has 0 aliphatic heterocycles. The Hall–Kier alpha value is -2.19. The Bertz CT molecular complexity index is 872. The number of aryl methyl sites for hydroxylation is 1. The molecular weight excluding hydrogens is 364 g/mol. The Kier molecular flexibility index (Phi) is 7.55. The number of rotatable bonds is 9. The number of carbonyl (C=O) groups excluding carboxylic acids is 2. The van der Waals surface area contributed by atoms with Crippen molar-refractivity contribution in [2.24, 2.45) is 0 Å². The number of hydrogen-bond acceptors (Lipinski definition) is 4. The number of quaternary nitrogens is 1. The average Bonchev–Trinajstić information content (AvgIpc) is 2.90. The molecule has 2 rings (SSSR count). The average molecular weight is 394 g/mol. The van der Waals surface area contributed by atoms with Crippen LogP contribution in [-0.2, 0) is 22.7 Å². The van der Waals surface area contributed by atoms with E-state index < -0.39 is 0 Å². The van der Waals surface area contributed by atoms with Crippen molar-refractivity contribution in [2.45, 2.75) is 40.4 Å². The van der Waals surface area contributed by atoms with Gasteiger partial charge in [-0.05, 0) is 50.7 Å². The van der Waals surface area contributed by atoms with E-state index in [2.05, 4.69) is 5.32 Å². The van der Waals surface area contributed by atoms with Crippen LogP contribution in [0.3, 0.4) is 0 Å². The lowest BCUT2D eigenvalue weighted by Gasteiger charge is -2.15. The number of amides is 1. The predicted molar refractivity (Wildman–Crippen MR) is 107 cm³/mol. The van der Waals surface area contributed by atoms with Gasteiger partial charge in [-0.25, -0.2) is 4.79 Å². The zero-order chi connectivity index (χ0) is 20.0. The van der Waals surface area contributed by atoms with Crippen molar-refractivity contribution < 1.29 is 19.2 Å². The van der Waals surface area contributed by atoms with E-state index in [1.54, 1.807) is 13.0 Å². The molecule has 1 unspecified atom stereocenters. The SMILES string of the molecule is CCCNC(=O)C[NH+](C)Cn1c(=S)n(CC)c2ccc(C(=O)OCC)cc21. The largest absolute Gasteiger partial charge is 0.462 e. The number of fused-ring (bicyclic) bond motifs is 1. The van der Waals surface area contributed by atoms with Crippen LogP contribution in [-0.4, -0.2) is 47.8 Å². The number of benzene rings is 1.